The van der Waals surface area contributed by atoms with Gasteiger partial charge in [-0.05, 0) is 0 Å². The fourth-order valence-corrected chi connectivity index (χ4v) is 0. The van der Waals surface area contributed by atoms with Crippen LogP contribution < -0.4 is 0 Å². The Hall–Kier alpha value is 2.02. The molecule has 0 saturated carbocycles. The first kappa shape index (κ1) is 62.4. The molecule has 0 unspecified atom stereocenters. The van der Waals surface area contributed by atoms with E-state index in [1.54, 1.807) is 0 Å². The third-order valence-corrected chi connectivity index (χ3v) is 0. The van der Waals surface area contributed by atoms with Crippen LogP contribution in [0.4, 0.5) is 0 Å². The van der Waals surface area contributed by atoms with Gasteiger partial charge >= 0.3 is 23.9 Å². The molecule has 0 aromatic heterocycles. The monoisotopic (exact) mass is 251 g/mol. The molecule has 25 valence electrons. The molecule has 0 rings (SSSR count). The van der Waals surface area contributed by atoms with Gasteiger partial charge in [-0.3, -0.25) is 0 Å². The first-order valence-electron chi connectivity index (χ1n) is 0. The van der Waals surface area contributed by atoms with Crippen LogP contribution >= 0.6 is 0 Å². The molecule has 0 heterocycles. The van der Waals surface area contributed by atoms with E-state index in [2.05, 4.69) is 0 Å². The van der Waals surface area contributed by atoms with Gasteiger partial charge in [-0.25, -0.2) is 0 Å². The van der Waals surface area contributed by atoms with Crippen molar-refractivity contribution in [2.45, 2.75) is 0 Å². The second-order valence-corrected chi connectivity index (χ2v) is 0. The molecule has 0 bridgehead atoms. The van der Waals surface area contributed by atoms with Crippen molar-refractivity contribution >= 4 is 23.9 Å². The zero-order chi connectivity index (χ0) is 0. The minimum Gasteiger partial charge on any atom is -2.00 e. The molecule has 0 atom stereocenters. The molecule has 0 aromatic rings. The molecule has 5 heavy (non-hydrogen) atoms. The number of rotatable bonds is 0. The number of hydrogen-bond acceptors (Lipinski definition) is 0. The summed E-state index contributed by atoms with van der Waals surface area (Å²) >= 11 is 0. The van der Waals surface area contributed by atoms with Gasteiger partial charge in [-0.2, -0.15) is 0 Å². The van der Waals surface area contributed by atoms with E-state index in [-0.39, 0.29) is 75.1 Å². The molecule has 0 N–H and O–H groups in total. The van der Waals surface area contributed by atoms with Crippen LogP contribution in [-0.2, 0) is 51.2 Å². The van der Waals surface area contributed by atoms with Gasteiger partial charge in [0.2, 0.25) is 0 Å². The molecule has 0 spiro atoms. The zero-order valence-electron chi connectivity index (χ0n) is 2.26. The summed E-state index contributed by atoms with van der Waals surface area (Å²) in [6, 6.07) is 0. The first-order valence-corrected chi connectivity index (χ1v) is 0. The largest absolute Gasteiger partial charge is 4.00 e. The standard InChI is InChI=1S/2O.Sn.Ti.V/q2*-2;+4;;. The summed E-state index contributed by atoms with van der Waals surface area (Å²) in [7, 11) is 0. The fraction of sp³-hybridized carbons (Fsp3) is 0. The average molecular weight is 250 g/mol. The van der Waals surface area contributed by atoms with E-state index in [9.17, 15) is 0 Å². The molecular formula is O2SnTiV. The molecule has 0 amide bonds. The van der Waals surface area contributed by atoms with Gasteiger partial charge in [-0.1, -0.05) is 0 Å². The minimum atomic E-state index is 0. The molecular weight excluding hydrogens is 250 g/mol. The SMILES string of the molecule is [O-2].[O-2].[Sn+4].[Ti].[V]. The maximum absolute atomic E-state index is 0. The molecule has 5 heteroatoms. The van der Waals surface area contributed by atoms with Crippen molar-refractivity contribution < 1.29 is 51.2 Å². The van der Waals surface area contributed by atoms with Crippen LogP contribution in [0, 0.1) is 0 Å². The molecule has 2 nitrogen and oxygen atoms in total. The molecule has 0 saturated heterocycles. The van der Waals surface area contributed by atoms with Gasteiger partial charge in [0, 0.05) is 40.3 Å². The van der Waals surface area contributed by atoms with Crippen molar-refractivity contribution in [3.63, 3.8) is 0 Å². The summed E-state index contributed by atoms with van der Waals surface area (Å²) in [5, 5.41) is 0. The summed E-state index contributed by atoms with van der Waals surface area (Å²) in [5.74, 6) is 0. The Labute approximate surface area is 74.4 Å². The maximum atomic E-state index is 0. The minimum absolute atomic E-state index is 0. The summed E-state index contributed by atoms with van der Waals surface area (Å²) in [5.41, 5.74) is 0. The van der Waals surface area contributed by atoms with Gasteiger partial charge in [0.1, 0.15) is 0 Å². The smallest absolute Gasteiger partial charge is 2.00 e. The second-order valence-electron chi connectivity index (χ2n) is 0. The van der Waals surface area contributed by atoms with Crippen molar-refractivity contribution in [2.24, 2.45) is 0 Å². The molecule has 0 aliphatic rings. The van der Waals surface area contributed by atoms with Crippen LogP contribution in [0.25, 0.3) is 0 Å². The van der Waals surface area contributed by atoms with E-state index in [1.807, 2.05) is 0 Å². The van der Waals surface area contributed by atoms with Crippen molar-refractivity contribution in [3.05, 3.63) is 0 Å². The topological polar surface area (TPSA) is 57.0 Å². The van der Waals surface area contributed by atoms with Crippen LogP contribution in [0.3, 0.4) is 0 Å². The molecule has 0 aliphatic carbocycles. The van der Waals surface area contributed by atoms with Crippen LogP contribution in [0.1, 0.15) is 0 Å². The fourth-order valence-electron chi connectivity index (χ4n) is 0. The molecule has 0 fully saturated rings. The molecule has 0 aromatic carbocycles. The normalized spacial score (nSPS) is 0. The van der Waals surface area contributed by atoms with E-state index < -0.39 is 0 Å². The van der Waals surface area contributed by atoms with Crippen molar-refractivity contribution in [1.29, 1.82) is 0 Å². The van der Waals surface area contributed by atoms with Crippen molar-refractivity contribution in [3.8, 4) is 0 Å². The van der Waals surface area contributed by atoms with E-state index in [0.29, 0.717) is 0 Å². The zero-order valence-corrected chi connectivity index (χ0v) is 8.08. The quantitative estimate of drug-likeness (QED) is 0.514. The van der Waals surface area contributed by atoms with Gasteiger partial charge in [0.25, 0.3) is 0 Å². The Balaban J connectivity index is 0. The predicted octanol–water partition coefficient (Wildman–Crippen LogP) is -0.623. The Morgan fingerprint density at radius 2 is 0.800 bits per heavy atom. The Morgan fingerprint density at radius 3 is 0.800 bits per heavy atom. The average Bonchev–Trinajstić information content (AvgIpc) is 0. The predicted molar refractivity (Wildman–Crippen MR) is 7.13 cm³/mol. The summed E-state index contributed by atoms with van der Waals surface area (Å²) in [6.07, 6.45) is 0. The van der Waals surface area contributed by atoms with E-state index in [1.165, 1.54) is 0 Å². The third kappa shape index (κ3) is 23.9. The van der Waals surface area contributed by atoms with E-state index in [0.717, 1.165) is 0 Å². The van der Waals surface area contributed by atoms with Crippen molar-refractivity contribution in [2.75, 3.05) is 0 Å². The van der Waals surface area contributed by atoms with Crippen LogP contribution in [0.5, 0.6) is 0 Å². The van der Waals surface area contributed by atoms with Gasteiger partial charge in [0.15, 0.2) is 0 Å². The Bertz CT molecular complexity index is 9.61. The second kappa shape index (κ2) is 37.2. The third-order valence-electron chi connectivity index (χ3n) is 0. The van der Waals surface area contributed by atoms with Crippen LogP contribution in [0.15, 0.2) is 0 Å². The summed E-state index contributed by atoms with van der Waals surface area (Å²) in [4.78, 5) is 0. The maximum Gasteiger partial charge on any atom is 4.00 e. The summed E-state index contributed by atoms with van der Waals surface area (Å²) < 4.78 is 0. The van der Waals surface area contributed by atoms with Gasteiger partial charge in [-0.15, -0.1) is 0 Å². The summed E-state index contributed by atoms with van der Waals surface area (Å²) in [6.45, 7) is 0. The number of hydrogen-bond donors (Lipinski definition) is 0. The van der Waals surface area contributed by atoms with Crippen molar-refractivity contribution in [1.82, 2.24) is 0 Å². The molecule has 1 radical (unpaired) electrons. The van der Waals surface area contributed by atoms with Crippen LogP contribution in [-0.4, -0.2) is 23.9 Å². The Kier molecular flexibility index (Phi) is 465. The van der Waals surface area contributed by atoms with E-state index in [4.69, 9.17) is 0 Å². The first-order chi connectivity index (χ1) is 0. The van der Waals surface area contributed by atoms with E-state index >= 15 is 0 Å². The van der Waals surface area contributed by atoms with Gasteiger partial charge < -0.3 is 11.0 Å². The Morgan fingerprint density at radius 1 is 0.800 bits per heavy atom. The van der Waals surface area contributed by atoms with Gasteiger partial charge in [0.05, 0.1) is 0 Å². The molecule has 0 aliphatic heterocycles. The van der Waals surface area contributed by atoms with Crippen LogP contribution in [0.2, 0.25) is 0 Å².